The lowest BCUT2D eigenvalue weighted by atomic mass is 9.82. The molecule has 0 saturated carbocycles. The Labute approximate surface area is 285 Å². The molecular formula is C32H38N2O12S3. The van der Waals surface area contributed by atoms with Gasteiger partial charge >= 0.3 is 5.97 Å². The Kier molecular flexibility index (Phi) is 10.6. The van der Waals surface area contributed by atoms with Crippen molar-refractivity contribution in [3.8, 4) is 5.75 Å². The van der Waals surface area contributed by atoms with E-state index < -0.39 is 52.5 Å². The number of aromatic hydroxyl groups is 1. The first-order valence-corrected chi connectivity index (χ1v) is 20.3. The standard InChI is InChI=1S/C32H38N2O12S3/c35-30-20-29-22(6-2-12-34(29)14-4-16-48(41,42)43)18-27(30)31(25-9-8-24(49(44,45)46)19-26(25)32(36)37)23-7-10-28-21(17-23)5-1-11-33(28)13-3-15-47(38,39)40/h8-10,17-20,35H,1-7,11-16H2,(H,36,37)(H,38,39,40)(H,41,42,43)(H,44,45,46)/b31-23+. The van der Waals surface area contributed by atoms with Crippen LogP contribution in [0.1, 0.15) is 65.6 Å². The third-order valence-electron chi connectivity index (χ3n) is 8.86. The summed E-state index contributed by atoms with van der Waals surface area (Å²) in [4.78, 5) is 15.9. The van der Waals surface area contributed by atoms with Gasteiger partial charge in [0.25, 0.3) is 30.4 Å². The van der Waals surface area contributed by atoms with Gasteiger partial charge in [0.05, 0.1) is 22.0 Å². The summed E-state index contributed by atoms with van der Waals surface area (Å²) in [6.45, 7) is 1.96. The summed E-state index contributed by atoms with van der Waals surface area (Å²) in [5, 5.41) is 21.8. The van der Waals surface area contributed by atoms with Gasteiger partial charge in [-0.25, -0.2) is 4.79 Å². The van der Waals surface area contributed by atoms with Crippen LogP contribution >= 0.6 is 0 Å². The van der Waals surface area contributed by atoms with Gasteiger partial charge in [-0.15, -0.1) is 0 Å². The third kappa shape index (κ3) is 8.90. The minimum absolute atomic E-state index is 0.112. The number of likely N-dealkylation sites (tertiary alicyclic amines) is 1. The number of phenolic OH excluding ortho intramolecular Hbond substituents is 1. The molecule has 0 amide bonds. The monoisotopic (exact) mass is 738 g/mol. The highest BCUT2D eigenvalue weighted by atomic mass is 32.2. The Balaban J connectivity index is 1.63. The smallest absolute Gasteiger partial charge is 0.336 e. The Morgan fingerprint density at radius 2 is 1.41 bits per heavy atom. The van der Waals surface area contributed by atoms with Gasteiger partial charge in [0.1, 0.15) is 5.75 Å². The molecule has 5 N–H and O–H groups in total. The molecule has 0 atom stereocenters. The van der Waals surface area contributed by atoms with Crippen molar-refractivity contribution in [1.82, 2.24) is 4.90 Å². The number of hydrogen-bond acceptors (Lipinski definition) is 10. The van der Waals surface area contributed by atoms with Crippen LogP contribution in [-0.4, -0.2) is 97.7 Å². The molecule has 1 saturated heterocycles. The number of aryl methyl sites for hydroxylation is 1. The van der Waals surface area contributed by atoms with E-state index in [1.54, 1.807) is 12.1 Å². The molecule has 2 aliphatic heterocycles. The van der Waals surface area contributed by atoms with Crippen LogP contribution in [0.5, 0.6) is 5.75 Å². The second-order valence-corrected chi connectivity index (χ2v) is 16.9. The average Bonchev–Trinajstić information content (AvgIpc) is 3.00. The number of phenols is 1. The molecular weight excluding hydrogens is 701 g/mol. The second kappa shape index (κ2) is 14.2. The van der Waals surface area contributed by atoms with Gasteiger partial charge in [-0.1, -0.05) is 18.2 Å². The lowest BCUT2D eigenvalue weighted by Gasteiger charge is -2.36. The zero-order valence-electron chi connectivity index (χ0n) is 26.4. The molecule has 0 aromatic heterocycles. The van der Waals surface area contributed by atoms with Crippen LogP contribution in [0.2, 0.25) is 0 Å². The minimum atomic E-state index is -4.74. The fourth-order valence-corrected chi connectivity index (χ4v) is 8.27. The fourth-order valence-electron chi connectivity index (χ4n) is 6.78. The number of benzene rings is 2. The summed E-state index contributed by atoms with van der Waals surface area (Å²) in [5.74, 6) is -2.44. The molecule has 2 aromatic carbocycles. The summed E-state index contributed by atoms with van der Waals surface area (Å²) >= 11 is 0. The van der Waals surface area contributed by atoms with Crippen molar-refractivity contribution < 1.29 is 53.9 Å². The van der Waals surface area contributed by atoms with Crippen LogP contribution in [0.25, 0.3) is 5.57 Å². The lowest BCUT2D eigenvalue weighted by molar-refractivity contribution is 0.0696. The van der Waals surface area contributed by atoms with Gasteiger partial charge in [-0.2, -0.15) is 25.3 Å². The first-order valence-electron chi connectivity index (χ1n) is 15.7. The molecule has 0 bridgehead atoms. The zero-order valence-corrected chi connectivity index (χ0v) is 28.9. The number of aromatic carboxylic acids is 1. The molecule has 3 aliphatic rings. The van der Waals surface area contributed by atoms with Gasteiger partial charge in [-0.05, 0) is 91.0 Å². The van der Waals surface area contributed by atoms with Gasteiger partial charge < -0.3 is 20.0 Å². The number of allylic oxidation sites excluding steroid dienone is 4. The number of carboxylic acids is 1. The maximum Gasteiger partial charge on any atom is 0.336 e. The molecule has 2 aromatic rings. The van der Waals surface area contributed by atoms with Crippen molar-refractivity contribution in [3.05, 3.63) is 81.6 Å². The predicted molar refractivity (Wildman–Crippen MR) is 182 cm³/mol. The Morgan fingerprint density at radius 1 is 0.776 bits per heavy atom. The van der Waals surface area contributed by atoms with E-state index in [0.29, 0.717) is 67.8 Å². The highest BCUT2D eigenvalue weighted by molar-refractivity contribution is 7.86. The fraction of sp³-hybridized carbons (Fsp3) is 0.406. The van der Waals surface area contributed by atoms with Crippen molar-refractivity contribution in [1.29, 1.82) is 0 Å². The highest BCUT2D eigenvalue weighted by Crippen LogP contribution is 2.44. The number of piperidine rings is 1. The maximum absolute atomic E-state index is 12.6. The maximum atomic E-state index is 12.6. The molecule has 266 valence electrons. The van der Waals surface area contributed by atoms with E-state index in [0.717, 1.165) is 35.4 Å². The third-order valence-corrected chi connectivity index (χ3v) is 11.3. The normalized spacial score (nSPS) is 17.9. The molecule has 1 fully saturated rings. The Bertz CT molecular complexity index is 2090. The van der Waals surface area contributed by atoms with Crippen LogP contribution in [0.4, 0.5) is 5.69 Å². The molecule has 5 rings (SSSR count). The van der Waals surface area contributed by atoms with Gasteiger partial charge in [0.15, 0.2) is 0 Å². The number of hydrogen-bond donors (Lipinski definition) is 5. The van der Waals surface area contributed by atoms with Crippen molar-refractivity contribution in [2.75, 3.05) is 42.6 Å². The zero-order chi connectivity index (χ0) is 35.7. The summed E-state index contributed by atoms with van der Waals surface area (Å²) in [7, 11) is -13.0. The van der Waals surface area contributed by atoms with E-state index in [2.05, 4.69) is 0 Å². The number of fused-ring (bicyclic) bond motifs is 2. The summed E-state index contributed by atoms with van der Waals surface area (Å²) in [6, 6.07) is 6.55. The predicted octanol–water partition coefficient (Wildman–Crippen LogP) is 3.76. The van der Waals surface area contributed by atoms with Crippen molar-refractivity contribution in [2.24, 2.45) is 0 Å². The first-order chi connectivity index (χ1) is 22.9. The molecule has 0 unspecified atom stereocenters. The van der Waals surface area contributed by atoms with Crippen molar-refractivity contribution in [2.45, 2.75) is 49.8 Å². The molecule has 0 spiro atoms. The van der Waals surface area contributed by atoms with Crippen LogP contribution in [-0.2, 0) is 36.8 Å². The highest BCUT2D eigenvalue weighted by Gasteiger charge is 2.29. The minimum Gasteiger partial charge on any atom is -0.507 e. The topological polar surface area (TPSA) is 227 Å². The Morgan fingerprint density at radius 3 is 2.04 bits per heavy atom. The van der Waals surface area contributed by atoms with E-state index in [-0.39, 0.29) is 36.3 Å². The molecule has 2 heterocycles. The Hall–Kier alpha value is -3.74. The van der Waals surface area contributed by atoms with Gasteiger partial charge in [-0.3, -0.25) is 13.7 Å². The molecule has 1 aliphatic carbocycles. The number of carboxylic acid groups (broad SMARTS) is 1. The summed E-state index contributed by atoms with van der Waals surface area (Å²) in [6.07, 6.45) is 7.24. The molecule has 17 heteroatoms. The summed E-state index contributed by atoms with van der Waals surface area (Å²) in [5.41, 5.74) is 4.26. The largest absolute Gasteiger partial charge is 0.507 e. The number of anilines is 1. The SMILES string of the molecule is O=C(O)c1cc(S(=O)(=O)O)ccc1/C(=C1\C=C2CCCN(CCCS(=O)(=O)O)C2=CC1)c1cc2c(cc1O)N(CCCS(=O)(=O)O)CCC2. The second-order valence-electron chi connectivity index (χ2n) is 12.3. The van der Waals surface area contributed by atoms with E-state index in [1.165, 1.54) is 6.07 Å². The summed E-state index contributed by atoms with van der Waals surface area (Å²) < 4.78 is 97.0. The van der Waals surface area contributed by atoms with E-state index in [9.17, 15) is 53.9 Å². The van der Waals surface area contributed by atoms with E-state index >= 15 is 0 Å². The molecule has 0 radical (unpaired) electrons. The van der Waals surface area contributed by atoms with E-state index in [1.807, 2.05) is 22.0 Å². The molecule has 49 heavy (non-hydrogen) atoms. The van der Waals surface area contributed by atoms with Gasteiger partial charge in [0.2, 0.25) is 0 Å². The van der Waals surface area contributed by atoms with Crippen molar-refractivity contribution in [3.63, 3.8) is 0 Å². The quantitative estimate of drug-likeness (QED) is 0.196. The number of nitrogens with zero attached hydrogens (tertiary/aromatic N) is 2. The first kappa shape index (κ1) is 36.5. The van der Waals surface area contributed by atoms with Gasteiger partial charge in [0, 0.05) is 49.2 Å². The van der Waals surface area contributed by atoms with Crippen LogP contribution in [0.15, 0.2) is 64.2 Å². The van der Waals surface area contributed by atoms with Crippen molar-refractivity contribution >= 4 is 47.6 Å². The average molecular weight is 739 g/mol. The van der Waals surface area contributed by atoms with Crippen LogP contribution < -0.4 is 4.90 Å². The number of carbonyl (C=O) groups is 1. The number of rotatable bonds is 12. The van der Waals surface area contributed by atoms with Crippen LogP contribution in [0, 0.1) is 0 Å². The molecule has 14 nitrogen and oxygen atoms in total. The van der Waals surface area contributed by atoms with Crippen LogP contribution in [0.3, 0.4) is 0 Å². The lowest BCUT2D eigenvalue weighted by Crippen LogP contribution is -2.32. The van der Waals surface area contributed by atoms with E-state index in [4.69, 9.17) is 0 Å².